The maximum absolute atomic E-state index is 9.35. The highest BCUT2D eigenvalue weighted by Gasteiger charge is 2.08. The van der Waals surface area contributed by atoms with E-state index in [2.05, 4.69) is 38.5 Å². The fraction of sp³-hybridized carbons (Fsp3) is 0.250. The molecule has 0 amide bonds. The van der Waals surface area contributed by atoms with Crippen molar-refractivity contribution in [2.75, 3.05) is 0 Å². The fourth-order valence-corrected chi connectivity index (χ4v) is 2.93. The fourth-order valence-electron chi connectivity index (χ4n) is 0.910. The number of halogens is 2. The second-order valence-corrected chi connectivity index (χ2v) is 4.33. The van der Waals surface area contributed by atoms with E-state index in [1.54, 1.807) is 6.92 Å². The van der Waals surface area contributed by atoms with Gasteiger partial charge in [-0.1, -0.05) is 22.0 Å². The predicted octanol–water partition coefficient (Wildman–Crippen LogP) is 3.11. The summed E-state index contributed by atoms with van der Waals surface area (Å²) in [6.45, 7) is 1.77. The van der Waals surface area contributed by atoms with Crippen LogP contribution < -0.4 is 0 Å². The van der Waals surface area contributed by atoms with E-state index >= 15 is 0 Å². The first-order chi connectivity index (χ1) is 5.13. The van der Waals surface area contributed by atoms with Crippen molar-refractivity contribution < 1.29 is 5.11 Å². The van der Waals surface area contributed by atoms with Gasteiger partial charge < -0.3 is 5.11 Å². The number of aliphatic hydroxyl groups excluding tert-OH is 1. The first-order valence-corrected chi connectivity index (χ1v) is 5.12. The molecule has 0 heterocycles. The van der Waals surface area contributed by atoms with Crippen LogP contribution in [-0.4, -0.2) is 5.11 Å². The average molecular weight is 327 g/mol. The minimum atomic E-state index is -0.405. The van der Waals surface area contributed by atoms with Gasteiger partial charge in [-0.3, -0.25) is 0 Å². The Morgan fingerprint density at radius 1 is 1.55 bits per heavy atom. The minimum absolute atomic E-state index is 0.405. The summed E-state index contributed by atoms with van der Waals surface area (Å²) in [5.74, 6) is 0. The smallest absolute Gasteiger partial charge is 0.0783 e. The summed E-state index contributed by atoms with van der Waals surface area (Å²) in [5.41, 5.74) is 0.966. The second-order valence-electron chi connectivity index (χ2n) is 2.31. The lowest BCUT2D eigenvalue weighted by Gasteiger charge is -2.08. The van der Waals surface area contributed by atoms with Crippen LogP contribution in [0.5, 0.6) is 0 Å². The van der Waals surface area contributed by atoms with Gasteiger partial charge in [-0.2, -0.15) is 0 Å². The summed E-state index contributed by atoms with van der Waals surface area (Å²) in [6, 6.07) is 5.87. The van der Waals surface area contributed by atoms with Crippen molar-refractivity contribution in [2.45, 2.75) is 13.0 Å². The van der Waals surface area contributed by atoms with Crippen molar-refractivity contribution in [1.82, 2.24) is 0 Å². The zero-order chi connectivity index (χ0) is 8.43. The summed E-state index contributed by atoms with van der Waals surface area (Å²) in [4.78, 5) is 0. The van der Waals surface area contributed by atoms with E-state index in [1.165, 1.54) is 0 Å². The zero-order valence-corrected chi connectivity index (χ0v) is 9.76. The van der Waals surface area contributed by atoms with Gasteiger partial charge in [-0.05, 0) is 41.6 Å². The van der Waals surface area contributed by atoms with Crippen molar-refractivity contribution in [3.8, 4) is 0 Å². The highest BCUT2D eigenvalue weighted by molar-refractivity contribution is 14.1. The molecular weight excluding hydrogens is 319 g/mol. The number of aliphatic hydroxyl groups is 1. The average Bonchev–Trinajstić information content (AvgIpc) is 1.85. The van der Waals surface area contributed by atoms with Gasteiger partial charge in [0.25, 0.3) is 0 Å². The third-order valence-electron chi connectivity index (χ3n) is 1.42. The molecule has 1 atom stereocenters. The third-order valence-corrected chi connectivity index (χ3v) is 3.05. The summed E-state index contributed by atoms with van der Waals surface area (Å²) >= 11 is 5.59. The Morgan fingerprint density at radius 3 is 2.55 bits per heavy atom. The first kappa shape index (κ1) is 9.48. The lowest BCUT2D eigenvalue weighted by molar-refractivity contribution is 0.197. The second kappa shape index (κ2) is 3.87. The van der Waals surface area contributed by atoms with Crippen molar-refractivity contribution in [3.63, 3.8) is 0 Å². The molecule has 1 rings (SSSR count). The molecule has 11 heavy (non-hydrogen) atoms. The molecule has 0 aromatic heterocycles. The molecule has 60 valence electrons. The van der Waals surface area contributed by atoms with Crippen LogP contribution in [-0.2, 0) is 0 Å². The van der Waals surface area contributed by atoms with Gasteiger partial charge in [0, 0.05) is 13.6 Å². The van der Waals surface area contributed by atoms with E-state index in [4.69, 9.17) is 0 Å². The van der Waals surface area contributed by atoms with E-state index in [0.29, 0.717) is 0 Å². The molecule has 0 aliphatic carbocycles. The Balaban J connectivity index is 3.21. The van der Waals surface area contributed by atoms with Crippen LogP contribution in [0.1, 0.15) is 18.6 Å². The molecule has 1 nitrogen and oxygen atoms in total. The quantitative estimate of drug-likeness (QED) is 0.786. The predicted molar refractivity (Wildman–Crippen MR) is 57.5 cm³/mol. The number of hydrogen-bond acceptors (Lipinski definition) is 1. The monoisotopic (exact) mass is 326 g/mol. The van der Waals surface area contributed by atoms with E-state index in [1.807, 2.05) is 18.2 Å². The van der Waals surface area contributed by atoms with Crippen LogP contribution >= 0.6 is 38.5 Å². The van der Waals surface area contributed by atoms with Crippen molar-refractivity contribution in [1.29, 1.82) is 0 Å². The molecular formula is C8H8BrIO. The third kappa shape index (κ3) is 2.16. The SMILES string of the molecule is CC(O)c1c(Br)cccc1I. The molecule has 1 aromatic rings. The van der Waals surface area contributed by atoms with E-state index in [-0.39, 0.29) is 0 Å². The van der Waals surface area contributed by atoms with E-state index < -0.39 is 6.10 Å². The Kier molecular flexibility index (Phi) is 3.33. The van der Waals surface area contributed by atoms with Crippen LogP contribution in [0.25, 0.3) is 0 Å². The lowest BCUT2D eigenvalue weighted by Crippen LogP contribution is -1.95. The van der Waals surface area contributed by atoms with Gasteiger partial charge in [-0.15, -0.1) is 0 Å². The maximum Gasteiger partial charge on any atom is 0.0783 e. The topological polar surface area (TPSA) is 20.2 Å². The molecule has 0 bridgehead atoms. The highest BCUT2D eigenvalue weighted by Crippen LogP contribution is 2.27. The van der Waals surface area contributed by atoms with Crippen LogP contribution in [0.15, 0.2) is 22.7 Å². The van der Waals surface area contributed by atoms with Crippen LogP contribution in [0, 0.1) is 3.57 Å². The largest absolute Gasteiger partial charge is 0.389 e. The van der Waals surface area contributed by atoms with Gasteiger partial charge in [-0.25, -0.2) is 0 Å². The van der Waals surface area contributed by atoms with Crippen LogP contribution in [0.2, 0.25) is 0 Å². The van der Waals surface area contributed by atoms with Crippen LogP contribution in [0.4, 0.5) is 0 Å². The molecule has 0 spiro atoms. The molecule has 0 saturated heterocycles. The summed E-state index contributed by atoms with van der Waals surface area (Å²) in [6.07, 6.45) is -0.405. The Morgan fingerprint density at radius 2 is 2.18 bits per heavy atom. The molecule has 1 N–H and O–H groups in total. The molecule has 0 aliphatic heterocycles. The summed E-state index contributed by atoms with van der Waals surface area (Å²) < 4.78 is 2.06. The van der Waals surface area contributed by atoms with Gasteiger partial charge in [0.1, 0.15) is 0 Å². The van der Waals surface area contributed by atoms with Gasteiger partial charge in [0.15, 0.2) is 0 Å². The molecule has 0 radical (unpaired) electrons. The lowest BCUT2D eigenvalue weighted by atomic mass is 10.1. The van der Waals surface area contributed by atoms with Crippen molar-refractivity contribution >= 4 is 38.5 Å². The standard InChI is InChI=1S/C8H8BrIO/c1-5(11)8-6(9)3-2-4-7(8)10/h2-5,11H,1H3. The number of rotatable bonds is 1. The minimum Gasteiger partial charge on any atom is -0.389 e. The van der Waals surface area contributed by atoms with Gasteiger partial charge in [0.05, 0.1) is 6.10 Å². The summed E-state index contributed by atoms with van der Waals surface area (Å²) in [5, 5.41) is 9.35. The molecule has 1 unspecified atom stereocenters. The molecule has 0 fully saturated rings. The van der Waals surface area contributed by atoms with Gasteiger partial charge >= 0.3 is 0 Å². The maximum atomic E-state index is 9.35. The summed E-state index contributed by atoms with van der Waals surface area (Å²) in [7, 11) is 0. The Hall–Kier alpha value is 0.390. The molecule has 3 heteroatoms. The normalized spacial score (nSPS) is 13.1. The highest BCUT2D eigenvalue weighted by atomic mass is 127. The first-order valence-electron chi connectivity index (χ1n) is 3.25. The van der Waals surface area contributed by atoms with Crippen molar-refractivity contribution in [3.05, 3.63) is 31.8 Å². The zero-order valence-electron chi connectivity index (χ0n) is 6.01. The van der Waals surface area contributed by atoms with E-state index in [9.17, 15) is 5.11 Å². The Labute approximate surface area is 88.1 Å². The van der Waals surface area contributed by atoms with Gasteiger partial charge in [0.2, 0.25) is 0 Å². The Bertz CT molecular complexity index is 240. The number of benzene rings is 1. The molecule has 0 saturated carbocycles. The van der Waals surface area contributed by atoms with Crippen LogP contribution in [0.3, 0.4) is 0 Å². The number of hydrogen-bond donors (Lipinski definition) is 1. The molecule has 0 aliphatic rings. The van der Waals surface area contributed by atoms with Crippen molar-refractivity contribution in [2.24, 2.45) is 0 Å². The molecule has 1 aromatic carbocycles. The van der Waals surface area contributed by atoms with E-state index in [0.717, 1.165) is 13.6 Å².